The van der Waals surface area contributed by atoms with Crippen molar-refractivity contribution >= 4 is 17.3 Å². The topological polar surface area (TPSA) is 62.7 Å². The molecule has 2 heterocycles. The first-order valence-corrected chi connectivity index (χ1v) is 6.10. The van der Waals surface area contributed by atoms with Crippen molar-refractivity contribution in [3.63, 3.8) is 0 Å². The summed E-state index contributed by atoms with van der Waals surface area (Å²) in [7, 11) is 0. The zero-order valence-electron chi connectivity index (χ0n) is 9.98. The summed E-state index contributed by atoms with van der Waals surface area (Å²) in [5.74, 6) is -0.176. The molecule has 18 heavy (non-hydrogen) atoms. The van der Waals surface area contributed by atoms with Crippen LogP contribution < -0.4 is 10.6 Å². The standard InChI is InChI=1S/C13H15N3O2/c17-12(15-10-4-2-1-3-5-10)11-8-13(18-16-11)6-7-14-9-13/h1-5,14H,6-9H2,(H,15,17). The molecule has 1 saturated heterocycles. The largest absolute Gasteiger partial charge is 0.387 e. The van der Waals surface area contributed by atoms with Gasteiger partial charge in [-0.1, -0.05) is 23.4 Å². The summed E-state index contributed by atoms with van der Waals surface area (Å²) in [6.45, 7) is 1.68. The summed E-state index contributed by atoms with van der Waals surface area (Å²) in [5, 5.41) is 9.99. The molecular formula is C13H15N3O2. The van der Waals surface area contributed by atoms with Gasteiger partial charge in [-0.25, -0.2) is 0 Å². The number of hydrogen-bond donors (Lipinski definition) is 2. The lowest BCUT2D eigenvalue weighted by molar-refractivity contribution is -0.110. The van der Waals surface area contributed by atoms with Crippen molar-refractivity contribution in [2.75, 3.05) is 18.4 Å². The number of nitrogens with one attached hydrogen (secondary N) is 2. The highest BCUT2D eigenvalue weighted by Crippen LogP contribution is 2.30. The minimum Gasteiger partial charge on any atom is -0.387 e. The van der Waals surface area contributed by atoms with Crippen molar-refractivity contribution in [1.82, 2.24) is 5.32 Å². The lowest BCUT2D eigenvalue weighted by Crippen LogP contribution is -2.33. The van der Waals surface area contributed by atoms with Crippen LogP contribution in [0, 0.1) is 0 Å². The lowest BCUT2D eigenvalue weighted by Gasteiger charge is -2.18. The fourth-order valence-corrected chi connectivity index (χ4v) is 2.32. The van der Waals surface area contributed by atoms with E-state index in [1.807, 2.05) is 30.3 Å². The van der Waals surface area contributed by atoms with Gasteiger partial charge in [0.15, 0.2) is 5.60 Å². The summed E-state index contributed by atoms with van der Waals surface area (Å²) in [4.78, 5) is 17.4. The third kappa shape index (κ3) is 2.09. The molecule has 5 heteroatoms. The number of carbonyl (C=O) groups excluding carboxylic acids is 1. The zero-order chi connectivity index (χ0) is 12.4. The fourth-order valence-electron chi connectivity index (χ4n) is 2.32. The number of anilines is 1. The number of oxime groups is 1. The molecule has 3 rings (SSSR count). The Morgan fingerprint density at radius 2 is 2.22 bits per heavy atom. The van der Waals surface area contributed by atoms with Gasteiger partial charge in [0.05, 0.1) is 0 Å². The average Bonchev–Trinajstić information content (AvgIpc) is 3.02. The van der Waals surface area contributed by atoms with Crippen molar-refractivity contribution in [2.45, 2.75) is 18.4 Å². The van der Waals surface area contributed by atoms with Crippen molar-refractivity contribution < 1.29 is 9.63 Å². The van der Waals surface area contributed by atoms with Crippen LogP contribution in [0.3, 0.4) is 0 Å². The molecular weight excluding hydrogens is 230 g/mol. The van der Waals surface area contributed by atoms with E-state index in [4.69, 9.17) is 4.84 Å². The Labute approximate surface area is 105 Å². The Morgan fingerprint density at radius 3 is 2.94 bits per heavy atom. The summed E-state index contributed by atoms with van der Waals surface area (Å²) < 4.78 is 0. The molecule has 2 aliphatic heterocycles. The van der Waals surface area contributed by atoms with Crippen molar-refractivity contribution in [2.24, 2.45) is 5.16 Å². The highest BCUT2D eigenvalue weighted by Gasteiger charge is 2.43. The van der Waals surface area contributed by atoms with Gasteiger partial charge in [0.25, 0.3) is 5.91 Å². The average molecular weight is 245 g/mol. The van der Waals surface area contributed by atoms with Crippen LogP contribution in [0.25, 0.3) is 0 Å². The predicted molar refractivity (Wildman–Crippen MR) is 68.4 cm³/mol. The molecule has 0 aliphatic carbocycles. The van der Waals surface area contributed by atoms with E-state index in [-0.39, 0.29) is 11.5 Å². The van der Waals surface area contributed by atoms with Crippen molar-refractivity contribution in [3.8, 4) is 0 Å². The predicted octanol–water partition coefficient (Wildman–Crippen LogP) is 1.13. The molecule has 2 aliphatic rings. The second-order valence-corrected chi connectivity index (χ2v) is 4.74. The van der Waals surface area contributed by atoms with Crippen LogP contribution in [0.4, 0.5) is 5.69 Å². The Hall–Kier alpha value is -1.88. The minimum atomic E-state index is -0.288. The number of benzene rings is 1. The number of amides is 1. The third-order valence-corrected chi connectivity index (χ3v) is 3.34. The van der Waals surface area contributed by atoms with E-state index in [0.29, 0.717) is 12.1 Å². The van der Waals surface area contributed by atoms with Gasteiger partial charge < -0.3 is 15.5 Å². The molecule has 1 amide bonds. The van der Waals surface area contributed by atoms with E-state index >= 15 is 0 Å². The van der Waals surface area contributed by atoms with Crippen LogP contribution in [0.1, 0.15) is 12.8 Å². The lowest BCUT2D eigenvalue weighted by atomic mass is 9.96. The molecule has 0 aromatic heterocycles. The summed E-state index contributed by atoms with van der Waals surface area (Å²) >= 11 is 0. The van der Waals surface area contributed by atoms with E-state index in [1.165, 1.54) is 0 Å². The monoisotopic (exact) mass is 245 g/mol. The molecule has 1 aromatic carbocycles. The Morgan fingerprint density at radius 1 is 1.39 bits per heavy atom. The van der Waals surface area contributed by atoms with E-state index in [1.54, 1.807) is 0 Å². The first-order valence-electron chi connectivity index (χ1n) is 6.10. The second kappa shape index (κ2) is 4.42. The van der Waals surface area contributed by atoms with E-state index in [2.05, 4.69) is 15.8 Å². The molecule has 1 fully saturated rings. The number of nitrogens with zero attached hydrogens (tertiary/aromatic N) is 1. The maximum Gasteiger partial charge on any atom is 0.273 e. The van der Waals surface area contributed by atoms with Crippen LogP contribution in [-0.4, -0.2) is 30.3 Å². The quantitative estimate of drug-likeness (QED) is 0.821. The third-order valence-electron chi connectivity index (χ3n) is 3.34. The number of hydrogen-bond acceptors (Lipinski definition) is 4. The summed E-state index contributed by atoms with van der Waals surface area (Å²) in [5.41, 5.74) is 0.960. The molecule has 5 nitrogen and oxygen atoms in total. The second-order valence-electron chi connectivity index (χ2n) is 4.74. The minimum absolute atomic E-state index is 0.176. The maximum absolute atomic E-state index is 12.0. The van der Waals surface area contributed by atoms with Crippen LogP contribution in [-0.2, 0) is 9.63 Å². The van der Waals surface area contributed by atoms with Gasteiger partial charge in [-0.3, -0.25) is 4.79 Å². The van der Waals surface area contributed by atoms with Gasteiger partial charge >= 0.3 is 0 Å². The van der Waals surface area contributed by atoms with E-state index in [9.17, 15) is 4.79 Å². The Balaban J connectivity index is 1.64. The van der Waals surface area contributed by atoms with Crippen LogP contribution in [0.15, 0.2) is 35.5 Å². The molecule has 2 N–H and O–H groups in total. The molecule has 0 radical (unpaired) electrons. The van der Waals surface area contributed by atoms with E-state index < -0.39 is 0 Å². The maximum atomic E-state index is 12.0. The van der Waals surface area contributed by atoms with E-state index in [0.717, 1.165) is 25.2 Å². The van der Waals surface area contributed by atoms with Gasteiger partial charge in [-0.15, -0.1) is 0 Å². The zero-order valence-corrected chi connectivity index (χ0v) is 9.98. The molecule has 1 spiro atoms. The number of para-hydroxylation sites is 1. The first kappa shape index (κ1) is 11.2. The Kier molecular flexibility index (Phi) is 2.76. The normalized spacial score (nSPS) is 25.9. The summed E-state index contributed by atoms with van der Waals surface area (Å²) in [6.07, 6.45) is 1.48. The van der Waals surface area contributed by atoms with Crippen molar-refractivity contribution in [1.29, 1.82) is 0 Å². The SMILES string of the molecule is O=C(Nc1ccccc1)C1=NOC2(CCNC2)C1. The van der Waals surface area contributed by atoms with Crippen LogP contribution in [0.5, 0.6) is 0 Å². The van der Waals surface area contributed by atoms with Crippen LogP contribution >= 0.6 is 0 Å². The van der Waals surface area contributed by atoms with Gasteiger partial charge in [0, 0.05) is 25.1 Å². The number of rotatable bonds is 2. The highest BCUT2D eigenvalue weighted by molar-refractivity contribution is 6.43. The van der Waals surface area contributed by atoms with Gasteiger partial charge in [0.1, 0.15) is 5.71 Å². The van der Waals surface area contributed by atoms with Gasteiger partial charge in [-0.2, -0.15) is 0 Å². The first-order chi connectivity index (χ1) is 8.77. The smallest absolute Gasteiger partial charge is 0.273 e. The number of carbonyl (C=O) groups is 1. The fraction of sp³-hybridized carbons (Fsp3) is 0.385. The van der Waals surface area contributed by atoms with Gasteiger partial charge in [0.2, 0.25) is 0 Å². The summed E-state index contributed by atoms with van der Waals surface area (Å²) in [6, 6.07) is 9.36. The highest BCUT2D eigenvalue weighted by atomic mass is 16.7. The Bertz CT molecular complexity index is 478. The molecule has 0 saturated carbocycles. The molecule has 94 valence electrons. The molecule has 0 bridgehead atoms. The molecule has 1 unspecified atom stereocenters. The molecule has 1 aromatic rings. The molecule has 1 atom stereocenters. The van der Waals surface area contributed by atoms with Crippen molar-refractivity contribution in [3.05, 3.63) is 30.3 Å². The van der Waals surface area contributed by atoms with Crippen LogP contribution in [0.2, 0.25) is 0 Å². The van der Waals surface area contributed by atoms with Gasteiger partial charge in [-0.05, 0) is 18.7 Å².